The molecule has 178 valence electrons. The molecule has 0 spiro atoms. The molecule has 0 saturated heterocycles. The van der Waals surface area contributed by atoms with Gasteiger partial charge in [-0.1, -0.05) is 95.8 Å². The first kappa shape index (κ1) is 26.2. The van der Waals surface area contributed by atoms with Gasteiger partial charge in [-0.2, -0.15) is 8.42 Å². The van der Waals surface area contributed by atoms with Gasteiger partial charge in [0.2, 0.25) is 0 Å². The molecule has 0 radical (unpaired) electrons. The molecule has 0 aliphatic carbocycles. The topological polar surface area (TPSA) is 83.8 Å². The van der Waals surface area contributed by atoms with Crippen LogP contribution in [0.3, 0.4) is 0 Å². The summed E-state index contributed by atoms with van der Waals surface area (Å²) in [5.74, 6) is -0.176. The molecule has 2 rings (SSSR count). The van der Waals surface area contributed by atoms with Crippen LogP contribution in [0.15, 0.2) is 47.4 Å². The molecular formula is C26H38O5S. The summed E-state index contributed by atoms with van der Waals surface area (Å²) in [6, 6.07) is 11.6. The van der Waals surface area contributed by atoms with Crippen LogP contribution in [-0.4, -0.2) is 18.1 Å². The molecule has 2 aromatic rings. The molecule has 6 heteroatoms. The van der Waals surface area contributed by atoms with Crippen molar-refractivity contribution in [3.63, 3.8) is 0 Å². The van der Waals surface area contributed by atoms with Crippen molar-refractivity contribution in [2.24, 2.45) is 0 Å². The third-order valence-electron chi connectivity index (χ3n) is 5.66. The summed E-state index contributed by atoms with van der Waals surface area (Å²) in [4.78, 5) is -0.619. The first-order valence-electron chi connectivity index (χ1n) is 12.0. The molecule has 0 bridgehead atoms. The Bertz CT molecular complexity index is 908. The predicted molar refractivity (Wildman–Crippen MR) is 129 cm³/mol. The molecule has 0 amide bonds. The lowest BCUT2D eigenvalue weighted by molar-refractivity contribution is 0.415. The molecule has 0 aliphatic rings. The number of aromatic hydroxyl groups is 1. The van der Waals surface area contributed by atoms with Crippen LogP contribution in [0.2, 0.25) is 0 Å². The van der Waals surface area contributed by atoms with Gasteiger partial charge in [0.25, 0.3) is 0 Å². The summed E-state index contributed by atoms with van der Waals surface area (Å²) in [5.41, 5.74) is 1.11. The lowest BCUT2D eigenvalue weighted by atomic mass is 10.0. The van der Waals surface area contributed by atoms with E-state index in [4.69, 9.17) is 4.74 Å². The molecule has 0 unspecified atom stereocenters. The number of unbranched alkanes of at least 4 members (excludes halogenated alkanes) is 11. The van der Waals surface area contributed by atoms with Gasteiger partial charge in [-0.15, -0.1) is 0 Å². The molecule has 0 heterocycles. The van der Waals surface area contributed by atoms with Gasteiger partial charge < -0.3 is 9.84 Å². The Hall–Kier alpha value is -2.05. The normalized spacial score (nSPS) is 11.6. The van der Waals surface area contributed by atoms with Crippen molar-refractivity contribution in [3.8, 4) is 17.2 Å². The first-order chi connectivity index (χ1) is 15.4. The lowest BCUT2D eigenvalue weighted by Gasteiger charge is -2.11. The fourth-order valence-corrected chi connectivity index (χ4v) is 4.60. The molecule has 0 aromatic heterocycles. The monoisotopic (exact) mass is 462 g/mol. The molecule has 2 aromatic carbocycles. The van der Waals surface area contributed by atoms with Crippen molar-refractivity contribution in [1.82, 2.24) is 0 Å². The van der Waals surface area contributed by atoms with Crippen molar-refractivity contribution < 1.29 is 22.8 Å². The zero-order chi connectivity index (χ0) is 23.2. The van der Waals surface area contributed by atoms with Crippen molar-refractivity contribution in [1.29, 1.82) is 0 Å². The summed E-state index contributed by atoms with van der Waals surface area (Å²) < 4.78 is 38.2. The Morgan fingerprint density at radius 2 is 1.34 bits per heavy atom. The minimum absolute atomic E-state index is 0.102. The summed E-state index contributed by atoms with van der Waals surface area (Å²) in [5, 5.41) is 9.82. The zero-order valence-corrected chi connectivity index (χ0v) is 20.1. The standard InChI is InChI=1S/C26H38O5S/c1-2-3-4-5-6-7-8-9-10-11-12-13-16-22-17-14-18-23(21-22)31-25-20-15-19-24(27)26(25)32(28,29)30/h14-15,17-21,27H,2-13,16H2,1H3,(H,28,29,30). The highest BCUT2D eigenvalue weighted by Crippen LogP contribution is 2.35. The van der Waals surface area contributed by atoms with E-state index in [-0.39, 0.29) is 5.75 Å². The maximum absolute atomic E-state index is 11.6. The third kappa shape index (κ3) is 9.61. The Kier molecular flexibility index (Phi) is 11.6. The number of hydrogen-bond acceptors (Lipinski definition) is 4. The Morgan fingerprint density at radius 1 is 0.781 bits per heavy atom. The molecule has 0 fully saturated rings. The third-order valence-corrected chi connectivity index (χ3v) is 6.59. The van der Waals surface area contributed by atoms with Crippen molar-refractivity contribution >= 4 is 10.1 Å². The van der Waals surface area contributed by atoms with Crippen LogP contribution < -0.4 is 4.74 Å². The van der Waals surface area contributed by atoms with E-state index >= 15 is 0 Å². The molecule has 0 aliphatic heterocycles. The number of phenols is 1. The highest BCUT2D eigenvalue weighted by atomic mass is 32.2. The van der Waals surface area contributed by atoms with Crippen LogP contribution >= 0.6 is 0 Å². The van der Waals surface area contributed by atoms with Gasteiger partial charge in [0, 0.05) is 0 Å². The highest BCUT2D eigenvalue weighted by Gasteiger charge is 2.22. The smallest absolute Gasteiger partial charge is 0.301 e. The lowest BCUT2D eigenvalue weighted by Crippen LogP contribution is -2.01. The van der Waals surface area contributed by atoms with E-state index in [0.717, 1.165) is 18.4 Å². The molecule has 32 heavy (non-hydrogen) atoms. The van der Waals surface area contributed by atoms with Gasteiger partial charge in [0.05, 0.1) is 0 Å². The largest absolute Gasteiger partial charge is 0.506 e. The Labute approximate surface area is 193 Å². The summed E-state index contributed by atoms with van der Waals surface area (Å²) in [6.07, 6.45) is 16.7. The average molecular weight is 463 g/mol. The van der Waals surface area contributed by atoms with E-state index < -0.39 is 20.8 Å². The van der Waals surface area contributed by atoms with Crippen molar-refractivity contribution in [2.45, 2.75) is 95.3 Å². The van der Waals surface area contributed by atoms with Crippen LogP contribution in [0.5, 0.6) is 17.2 Å². The number of phenolic OH excluding ortho intramolecular Hbond substituents is 1. The van der Waals surface area contributed by atoms with E-state index in [0.29, 0.717) is 5.75 Å². The van der Waals surface area contributed by atoms with E-state index in [1.54, 1.807) is 6.07 Å². The zero-order valence-electron chi connectivity index (χ0n) is 19.3. The number of hydrogen-bond donors (Lipinski definition) is 2. The summed E-state index contributed by atoms with van der Waals surface area (Å²) in [7, 11) is -4.60. The van der Waals surface area contributed by atoms with Gasteiger partial charge in [-0.3, -0.25) is 4.55 Å². The fraction of sp³-hybridized carbons (Fsp3) is 0.538. The second-order valence-corrected chi connectivity index (χ2v) is 9.83. The number of benzene rings is 2. The number of ether oxygens (including phenoxy) is 1. The van der Waals surface area contributed by atoms with E-state index in [1.165, 1.54) is 88.8 Å². The fourth-order valence-electron chi connectivity index (χ4n) is 3.91. The van der Waals surface area contributed by atoms with Gasteiger partial charge in [0.1, 0.15) is 11.5 Å². The van der Waals surface area contributed by atoms with Crippen LogP contribution in [0.4, 0.5) is 0 Å². The minimum Gasteiger partial charge on any atom is -0.506 e. The highest BCUT2D eigenvalue weighted by molar-refractivity contribution is 7.86. The Morgan fingerprint density at radius 3 is 1.94 bits per heavy atom. The number of aryl methyl sites for hydroxylation is 1. The van der Waals surface area contributed by atoms with Crippen LogP contribution in [0.25, 0.3) is 0 Å². The first-order valence-corrected chi connectivity index (χ1v) is 13.4. The molecular weight excluding hydrogens is 424 g/mol. The molecule has 5 nitrogen and oxygen atoms in total. The number of rotatable bonds is 16. The second-order valence-electron chi connectivity index (χ2n) is 8.47. The van der Waals surface area contributed by atoms with E-state index in [2.05, 4.69) is 6.92 Å². The van der Waals surface area contributed by atoms with Gasteiger partial charge in [0.15, 0.2) is 10.6 Å². The van der Waals surface area contributed by atoms with Crippen LogP contribution in [-0.2, 0) is 16.5 Å². The average Bonchev–Trinajstić information content (AvgIpc) is 2.74. The van der Waals surface area contributed by atoms with Crippen LogP contribution in [0, 0.1) is 0 Å². The van der Waals surface area contributed by atoms with Crippen LogP contribution in [0.1, 0.15) is 89.5 Å². The molecule has 2 N–H and O–H groups in total. The summed E-state index contributed by atoms with van der Waals surface area (Å²) in [6.45, 7) is 2.25. The maximum atomic E-state index is 11.6. The van der Waals surface area contributed by atoms with Crippen molar-refractivity contribution in [3.05, 3.63) is 48.0 Å². The predicted octanol–water partition coefficient (Wildman–Crippen LogP) is 7.67. The second kappa shape index (κ2) is 14.2. The summed E-state index contributed by atoms with van der Waals surface area (Å²) >= 11 is 0. The maximum Gasteiger partial charge on any atom is 0.301 e. The Balaban J connectivity index is 1.71. The van der Waals surface area contributed by atoms with Gasteiger partial charge in [-0.25, -0.2) is 0 Å². The van der Waals surface area contributed by atoms with E-state index in [9.17, 15) is 18.1 Å². The molecule has 0 atom stereocenters. The van der Waals surface area contributed by atoms with E-state index in [1.807, 2.05) is 18.2 Å². The van der Waals surface area contributed by atoms with Gasteiger partial charge >= 0.3 is 10.1 Å². The quantitative estimate of drug-likeness (QED) is 0.197. The van der Waals surface area contributed by atoms with Crippen molar-refractivity contribution in [2.75, 3.05) is 0 Å². The molecule has 0 saturated carbocycles. The SMILES string of the molecule is CCCCCCCCCCCCCCc1cccc(Oc2cccc(O)c2S(=O)(=O)O)c1. The van der Waals surface area contributed by atoms with Gasteiger partial charge in [-0.05, 0) is 42.7 Å². The minimum atomic E-state index is -4.60.